The predicted octanol–water partition coefficient (Wildman–Crippen LogP) is 5.50. The average molecular weight is 390 g/mol. The van der Waals surface area contributed by atoms with Crippen molar-refractivity contribution < 1.29 is 9.47 Å². The van der Waals surface area contributed by atoms with Crippen molar-refractivity contribution in [3.8, 4) is 17.2 Å². The standard InChI is InChI=1S/C21H20ClNO2.ClH/c22-17-10-12-19(13-11-17)25-21-9-5-4-8-20(21)24-15-18(23)14-16-6-2-1-3-7-16;/h1-13,18H,14-15,23H2;1H/t18-;/m1./s1. The smallest absolute Gasteiger partial charge is 0.169 e. The van der Waals surface area contributed by atoms with Crippen LogP contribution in [0.3, 0.4) is 0 Å². The van der Waals surface area contributed by atoms with Crippen molar-refractivity contribution in [2.75, 3.05) is 6.61 Å². The second kappa shape index (κ2) is 10.1. The highest BCUT2D eigenvalue weighted by Gasteiger charge is 2.09. The van der Waals surface area contributed by atoms with Crippen molar-refractivity contribution >= 4 is 24.0 Å². The van der Waals surface area contributed by atoms with Crippen molar-refractivity contribution in [1.29, 1.82) is 0 Å². The van der Waals surface area contributed by atoms with Crippen molar-refractivity contribution in [2.45, 2.75) is 12.5 Å². The quantitative estimate of drug-likeness (QED) is 0.579. The molecule has 0 aliphatic carbocycles. The highest BCUT2D eigenvalue weighted by atomic mass is 35.5. The van der Waals surface area contributed by atoms with E-state index in [0.717, 1.165) is 6.42 Å². The fourth-order valence-electron chi connectivity index (χ4n) is 2.46. The molecule has 0 amide bonds. The Labute approximate surface area is 165 Å². The zero-order chi connectivity index (χ0) is 17.5. The number of hydrogen-bond acceptors (Lipinski definition) is 3. The Morgan fingerprint density at radius 3 is 2.12 bits per heavy atom. The van der Waals surface area contributed by atoms with Gasteiger partial charge in [0.15, 0.2) is 11.5 Å². The molecule has 0 saturated carbocycles. The normalized spacial score (nSPS) is 11.3. The lowest BCUT2D eigenvalue weighted by atomic mass is 10.1. The van der Waals surface area contributed by atoms with E-state index in [2.05, 4.69) is 12.1 Å². The molecule has 0 saturated heterocycles. The minimum absolute atomic E-state index is 0. The molecule has 0 aromatic heterocycles. The summed E-state index contributed by atoms with van der Waals surface area (Å²) in [5.41, 5.74) is 7.39. The van der Waals surface area contributed by atoms with Gasteiger partial charge in [-0.15, -0.1) is 12.4 Å². The van der Waals surface area contributed by atoms with Crippen LogP contribution in [0.4, 0.5) is 0 Å². The topological polar surface area (TPSA) is 44.5 Å². The lowest BCUT2D eigenvalue weighted by molar-refractivity contribution is 0.276. The number of rotatable bonds is 7. The van der Waals surface area contributed by atoms with Crippen molar-refractivity contribution in [3.05, 3.63) is 89.4 Å². The molecular weight excluding hydrogens is 369 g/mol. The molecule has 3 nitrogen and oxygen atoms in total. The Balaban J connectivity index is 0.00000243. The van der Waals surface area contributed by atoms with Gasteiger partial charge in [0, 0.05) is 11.1 Å². The Morgan fingerprint density at radius 1 is 0.808 bits per heavy atom. The zero-order valence-corrected chi connectivity index (χ0v) is 15.7. The van der Waals surface area contributed by atoms with E-state index in [9.17, 15) is 0 Å². The SMILES string of the molecule is Cl.N[C@@H](COc1ccccc1Oc1ccc(Cl)cc1)Cc1ccccc1. The number of nitrogens with two attached hydrogens (primary N) is 1. The number of ether oxygens (including phenoxy) is 2. The summed E-state index contributed by atoms with van der Waals surface area (Å²) in [6, 6.07) is 24.8. The van der Waals surface area contributed by atoms with E-state index in [1.807, 2.05) is 54.6 Å². The third-order valence-electron chi connectivity index (χ3n) is 3.68. The van der Waals surface area contributed by atoms with Gasteiger partial charge in [-0.3, -0.25) is 0 Å². The summed E-state index contributed by atoms with van der Waals surface area (Å²) in [5, 5.41) is 0.670. The summed E-state index contributed by atoms with van der Waals surface area (Å²) in [6.07, 6.45) is 0.765. The van der Waals surface area contributed by atoms with Crippen LogP contribution >= 0.6 is 24.0 Å². The molecule has 0 radical (unpaired) electrons. The highest BCUT2D eigenvalue weighted by Crippen LogP contribution is 2.31. The number of hydrogen-bond donors (Lipinski definition) is 1. The monoisotopic (exact) mass is 389 g/mol. The van der Waals surface area contributed by atoms with Crippen LogP contribution < -0.4 is 15.2 Å². The summed E-state index contributed by atoms with van der Waals surface area (Å²) < 4.78 is 11.8. The molecule has 0 aliphatic rings. The molecule has 0 fully saturated rings. The maximum absolute atomic E-state index is 6.19. The van der Waals surface area contributed by atoms with Gasteiger partial charge in [0.05, 0.1) is 0 Å². The summed E-state index contributed by atoms with van der Waals surface area (Å²) in [5.74, 6) is 2.02. The zero-order valence-electron chi connectivity index (χ0n) is 14.2. The predicted molar refractivity (Wildman–Crippen MR) is 109 cm³/mol. The number of para-hydroxylation sites is 2. The minimum Gasteiger partial charge on any atom is -0.488 e. The molecule has 0 aliphatic heterocycles. The Morgan fingerprint density at radius 2 is 1.42 bits per heavy atom. The lowest BCUT2D eigenvalue weighted by Gasteiger charge is -2.16. The van der Waals surface area contributed by atoms with Crippen LogP contribution in [0.2, 0.25) is 5.02 Å². The van der Waals surface area contributed by atoms with Gasteiger partial charge in [0.1, 0.15) is 12.4 Å². The second-order valence-electron chi connectivity index (χ2n) is 5.76. The van der Waals surface area contributed by atoms with Crippen molar-refractivity contribution in [1.82, 2.24) is 0 Å². The molecule has 0 spiro atoms. The van der Waals surface area contributed by atoms with Crippen LogP contribution in [0, 0.1) is 0 Å². The van der Waals surface area contributed by atoms with Gasteiger partial charge in [-0.1, -0.05) is 54.1 Å². The fourth-order valence-corrected chi connectivity index (χ4v) is 2.58. The molecule has 3 rings (SSSR count). The van der Waals surface area contributed by atoms with Crippen LogP contribution in [-0.4, -0.2) is 12.6 Å². The molecule has 0 heterocycles. The molecule has 0 unspecified atom stereocenters. The molecule has 2 N–H and O–H groups in total. The Bertz CT molecular complexity index is 795. The maximum Gasteiger partial charge on any atom is 0.169 e. The summed E-state index contributed by atoms with van der Waals surface area (Å²) in [4.78, 5) is 0. The Hall–Kier alpha value is -2.20. The van der Waals surface area contributed by atoms with Gasteiger partial charge in [-0.25, -0.2) is 0 Å². The molecule has 1 atom stereocenters. The van der Waals surface area contributed by atoms with Crippen molar-refractivity contribution in [2.24, 2.45) is 5.73 Å². The van der Waals surface area contributed by atoms with Crippen LogP contribution in [-0.2, 0) is 6.42 Å². The first-order valence-electron chi connectivity index (χ1n) is 8.15. The van der Waals surface area contributed by atoms with E-state index < -0.39 is 0 Å². The van der Waals surface area contributed by atoms with E-state index in [1.165, 1.54) is 5.56 Å². The van der Waals surface area contributed by atoms with Gasteiger partial charge >= 0.3 is 0 Å². The number of halogens is 2. The maximum atomic E-state index is 6.19. The minimum atomic E-state index is -0.0917. The van der Waals surface area contributed by atoms with E-state index in [1.54, 1.807) is 12.1 Å². The highest BCUT2D eigenvalue weighted by molar-refractivity contribution is 6.30. The molecule has 3 aromatic rings. The first-order chi connectivity index (χ1) is 12.2. The van der Waals surface area contributed by atoms with E-state index in [4.69, 9.17) is 26.8 Å². The second-order valence-corrected chi connectivity index (χ2v) is 6.20. The van der Waals surface area contributed by atoms with Crippen LogP contribution in [0.5, 0.6) is 17.2 Å². The molecule has 5 heteroatoms. The average Bonchev–Trinajstić information content (AvgIpc) is 2.64. The van der Waals surface area contributed by atoms with Gasteiger partial charge in [0.2, 0.25) is 0 Å². The van der Waals surface area contributed by atoms with Crippen molar-refractivity contribution in [3.63, 3.8) is 0 Å². The summed E-state index contributed by atoms with van der Waals surface area (Å²) in [6.45, 7) is 0.413. The van der Waals surface area contributed by atoms with Gasteiger partial charge in [-0.2, -0.15) is 0 Å². The molecular formula is C21H21Cl2NO2. The molecule has 136 valence electrons. The third-order valence-corrected chi connectivity index (χ3v) is 3.94. The first-order valence-corrected chi connectivity index (χ1v) is 8.53. The van der Waals surface area contributed by atoms with Gasteiger partial charge in [0.25, 0.3) is 0 Å². The third kappa shape index (κ3) is 5.95. The first kappa shape index (κ1) is 20.1. The number of benzene rings is 3. The van der Waals surface area contributed by atoms with Crippen LogP contribution in [0.15, 0.2) is 78.9 Å². The molecule has 0 bridgehead atoms. The van der Waals surface area contributed by atoms with E-state index >= 15 is 0 Å². The van der Waals surface area contributed by atoms with Gasteiger partial charge in [-0.05, 0) is 48.4 Å². The van der Waals surface area contributed by atoms with E-state index in [0.29, 0.717) is 28.9 Å². The Kier molecular flexibility index (Phi) is 7.79. The van der Waals surface area contributed by atoms with E-state index in [-0.39, 0.29) is 18.4 Å². The van der Waals surface area contributed by atoms with Gasteiger partial charge < -0.3 is 15.2 Å². The lowest BCUT2D eigenvalue weighted by Crippen LogP contribution is -2.30. The largest absolute Gasteiger partial charge is 0.488 e. The fraction of sp³-hybridized carbons (Fsp3) is 0.143. The molecule has 3 aromatic carbocycles. The van der Waals surface area contributed by atoms with Crippen LogP contribution in [0.25, 0.3) is 0 Å². The van der Waals surface area contributed by atoms with Crippen LogP contribution in [0.1, 0.15) is 5.56 Å². The summed E-state index contributed by atoms with van der Waals surface area (Å²) >= 11 is 5.90. The molecule has 26 heavy (non-hydrogen) atoms. The summed E-state index contributed by atoms with van der Waals surface area (Å²) in [7, 11) is 0.